The van der Waals surface area contributed by atoms with E-state index in [1.165, 1.54) is 24.2 Å². The predicted octanol–water partition coefficient (Wildman–Crippen LogP) is 1.82. The molecular weight excluding hydrogens is 329 g/mol. The second kappa shape index (κ2) is 6.68. The van der Waals surface area contributed by atoms with Crippen LogP contribution in [-0.2, 0) is 11.3 Å². The van der Waals surface area contributed by atoms with Crippen LogP contribution in [0, 0.1) is 0 Å². The minimum atomic E-state index is -0.558. The van der Waals surface area contributed by atoms with Crippen LogP contribution in [-0.4, -0.2) is 46.1 Å². The van der Waals surface area contributed by atoms with Gasteiger partial charge in [-0.2, -0.15) is 5.10 Å². The fraction of sp³-hybridized carbons (Fsp3) is 0.176. The third-order valence-electron chi connectivity index (χ3n) is 3.81. The van der Waals surface area contributed by atoms with Gasteiger partial charge in [0.15, 0.2) is 0 Å². The fourth-order valence-corrected chi connectivity index (χ4v) is 2.59. The highest BCUT2D eigenvalue weighted by atomic mass is 19.1. The van der Waals surface area contributed by atoms with Crippen molar-refractivity contribution in [2.24, 2.45) is 0 Å². The molecule has 0 N–H and O–H groups in total. The van der Waals surface area contributed by atoms with Gasteiger partial charge in [-0.05, 0) is 17.7 Å². The van der Waals surface area contributed by atoms with Gasteiger partial charge in [0.05, 0.1) is 49.4 Å². The van der Waals surface area contributed by atoms with Gasteiger partial charge in [0, 0.05) is 6.20 Å². The molecular formula is C17H14FN3O4. The molecule has 128 valence electrons. The number of methoxy groups -OCH3 is 1. The summed E-state index contributed by atoms with van der Waals surface area (Å²) >= 11 is 0. The van der Waals surface area contributed by atoms with Gasteiger partial charge in [-0.15, -0.1) is 0 Å². The minimum Gasteiger partial charge on any atom is -0.465 e. The number of fused-ring (bicyclic) bond motifs is 1. The van der Waals surface area contributed by atoms with Crippen LogP contribution >= 0.6 is 0 Å². The Bertz CT molecular complexity index is 853. The molecule has 8 heteroatoms. The lowest BCUT2D eigenvalue weighted by Crippen LogP contribution is -2.32. The number of carbonyl (C=O) groups excluding carboxylic acids is 3. The van der Waals surface area contributed by atoms with Gasteiger partial charge in [-0.25, -0.2) is 9.18 Å². The summed E-state index contributed by atoms with van der Waals surface area (Å²) in [6, 6.07) is 6.45. The van der Waals surface area contributed by atoms with Crippen molar-refractivity contribution in [2.45, 2.75) is 6.54 Å². The number of hydrogen-bond acceptors (Lipinski definition) is 5. The third-order valence-corrected chi connectivity index (χ3v) is 3.81. The van der Waals surface area contributed by atoms with E-state index in [0.717, 1.165) is 4.90 Å². The summed E-state index contributed by atoms with van der Waals surface area (Å²) in [4.78, 5) is 37.0. The second-order valence-corrected chi connectivity index (χ2v) is 5.43. The molecule has 0 bridgehead atoms. The first-order valence-corrected chi connectivity index (χ1v) is 7.39. The number of esters is 1. The highest BCUT2D eigenvalue weighted by Gasteiger charge is 2.35. The van der Waals surface area contributed by atoms with E-state index >= 15 is 0 Å². The predicted molar refractivity (Wildman–Crippen MR) is 84.6 cm³/mol. The molecule has 0 fully saturated rings. The standard InChI is InChI=1S/C17H14FN3O4/c1-25-17(24)12-7-19-20(10-12)8-11(6-18)9-21-15(22)13-4-2-3-5-14(13)16(21)23/h2-7,10H,8-9H2,1H3/b11-6-. The average molecular weight is 343 g/mol. The van der Waals surface area contributed by atoms with Crippen LogP contribution in [0.15, 0.2) is 48.6 Å². The number of rotatable bonds is 5. The molecule has 0 aliphatic carbocycles. The minimum absolute atomic E-state index is 0.0130. The number of ether oxygens (including phenoxy) is 1. The van der Waals surface area contributed by atoms with Crippen LogP contribution < -0.4 is 0 Å². The smallest absolute Gasteiger partial charge is 0.341 e. The van der Waals surface area contributed by atoms with Gasteiger partial charge in [0.25, 0.3) is 11.8 Å². The number of imide groups is 1. The molecule has 0 radical (unpaired) electrons. The van der Waals surface area contributed by atoms with Crippen molar-refractivity contribution >= 4 is 17.8 Å². The monoisotopic (exact) mass is 343 g/mol. The normalized spacial score (nSPS) is 14.0. The molecule has 1 aliphatic rings. The molecule has 3 rings (SSSR count). The summed E-state index contributed by atoms with van der Waals surface area (Å²) in [7, 11) is 1.24. The molecule has 0 atom stereocenters. The Balaban J connectivity index is 1.74. The zero-order valence-corrected chi connectivity index (χ0v) is 13.3. The SMILES string of the molecule is COC(=O)c1cnn(C/C(=C/F)CN2C(=O)c3ccccc3C2=O)c1. The summed E-state index contributed by atoms with van der Waals surface area (Å²) < 4.78 is 19.2. The number of hydrogen-bond donors (Lipinski definition) is 0. The second-order valence-electron chi connectivity index (χ2n) is 5.43. The van der Waals surface area contributed by atoms with Gasteiger partial charge < -0.3 is 4.74 Å². The Kier molecular flexibility index (Phi) is 4.42. The van der Waals surface area contributed by atoms with Crippen LogP contribution in [0.25, 0.3) is 0 Å². The number of benzene rings is 1. The number of nitrogens with zero attached hydrogens (tertiary/aromatic N) is 3. The average Bonchev–Trinajstić information content (AvgIpc) is 3.19. The molecule has 1 aliphatic heterocycles. The van der Waals surface area contributed by atoms with Crippen LogP contribution in [0.5, 0.6) is 0 Å². The van der Waals surface area contributed by atoms with Crippen molar-refractivity contribution in [3.05, 3.63) is 65.3 Å². The molecule has 1 aromatic carbocycles. The Hall–Kier alpha value is -3.29. The maximum atomic E-state index is 13.3. The van der Waals surface area contributed by atoms with Crippen molar-refractivity contribution < 1.29 is 23.5 Å². The largest absolute Gasteiger partial charge is 0.465 e. The van der Waals surface area contributed by atoms with Crippen LogP contribution in [0.4, 0.5) is 4.39 Å². The fourth-order valence-electron chi connectivity index (χ4n) is 2.59. The third kappa shape index (κ3) is 3.06. The molecule has 2 aromatic rings. The van der Waals surface area contributed by atoms with E-state index in [9.17, 15) is 18.8 Å². The summed E-state index contributed by atoms with van der Waals surface area (Å²) in [5.41, 5.74) is 0.992. The van der Waals surface area contributed by atoms with E-state index in [1.54, 1.807) is 24.3 Å². The number of carbonyl (C=O) groups is 3. The van der Waals surface area contributed by atoms with Gasteiger partial charge in [-0.3, -0.25) is 19.2 Å². The van der Waals surface area contributed by atoms with E-state index < -0.39 is 17.8 Å². The first-order valence-electron chi connectivity index (χ1n) is 7.39. The van der Waals surface area contributed by atoms with Gasteiger partial charge >= 0.3 is 5.97 Å². The van der Waals surface area contributed by atoms with Crippen molar-refractivity contribution in [1.82, 2.24) is 14.7 Å². The molecule has 0 unspecified atom stereocenters. The lowest BCUT2D eigenvalue weighted by atomic mass is 10.1. The van der Waals surface area contributed by atoms with Crippen molar-refractivity contribution in [3.8, 4) is 0 Å². The maximum Gasteiger partial charge on any atom is 0.341 e. The first-order chi connectivity index (χ1) is 12.0. The van der Waals surface area contributed by atoms with E-state index in [4.69, 9.17) is 0 Å². The molecule has 1 aromatic heterocycles. The number of aromatic nitrogens is 2. The van der Waals surface area contributed by atoms with E-state index in [1.807, 2.05) is 0 Å². The lowest BCUT2D eigenvalue weighted by molar-refractivity contribution is 0.0599. The van der Waals surface area contributed by atoms with Gasteiger partial charge in [-0.1, -0.05) is 12.1 Å². The highest BCUT2D eigenvalue weighted by molar-refractivity contribution is 6.21. The quantitative estimate of drug-likeness (QED) is 0.611. The Labute approximate surface area is 142 Å². The molecule has 2 amide bonds. The Morgan fingerprint density at radius 3 is 2.40 bits per heavy atom. The molecule has 2 heterocycles. The van der Waals surface area contributed by atoms with Crippen molar-refractivity contribution in [1.29, 1.82) is 0 Å². The van der Waals surface area contributed by atoms with Gasteiger partial charge in [0.2, 0.25) is 0 Å². The van der Waals surface area contributed by atoms with Crippen LogP contribution in [0.3, 0.4) is 0 Å². The van der Waals surface area contributed by atoms with E-state index in [2.05, 4.69) is 9.84 Å². The summed E-state index contributed by atoms with van der Waals surface area (Å²) in [6.07, 6.45) is 3.03. The molecule has 0 saturated heterocycles. The summed E-state index contributed by atoms with van der Waals surface area (Å²) in [6.45, 7) is -0.211. The van der Waals surface area contributed by atoms with E-state index in [0.29, 0.717) is 17.5 Å². The van der Waals surface area contributed by atoms with Crippen molar-refractivity contribution in [2.75, 3.05) is 13.7 Å². The maximum absolute atomic E-state index is 13.3. The molecule has 25 heavy (non-hydrogen) atoms. The highest BCUT2D eigenvalue weighted by Crippen LogP contribution is 2.23. The molecule has 0 saturated carbocycles. The van der Waals surface area contributed by atoms with E-state index in [-0.39, 0.29) is 24.2 Å². The summed E-state index contributed by atoms with van der Waals surface area (Å²) in [5.74, 6) is -1.48. The van der Waals surface area contributed by atoms with Crippen LogP contribution in [0.1, 0.15) is 31.1 Å². The van der Waals surface area contributed by atoms with Crippen molar-refractivity contribution in [3.63, 3.8) is 0 Å². The number of halogens is 1. The molecule has 0 spiro atoms. The molecule has 7 nitrogen and oxygen atoms in total. The Morgan fingerprint density at radius 2 is 1.84 bits per heavy atom. The number of amides is 2. The zero-order chi connectivity index (χ0) is 18.0. The van der Waals surface area contributed by atoms with Gasteiger partial charge in [0.1, 0.15) is 0 Å². The topological polar surface area (TPSA) is 81.5 Å². The lowest BCUT2D eigenvalue weighted by Gasteiger charge is -2.15. The summed E-state index contributed by atoms with van der Waals surface area (Å²) in [5, 5.41) is 3.95. The first kappa shape index (κ1) is 16.6. The van der Waals surface area contributed by atoms with Crippen LogP contribution in [0.2, 0.25) is 0 Å². The zero-order valence-electron chi connectivity index (χ0n) is 13.3. The Morgan fingerprint density at radius 1 is 1.20 bits per heavy atom.